The Morgan fingerprint density at radius 2 is 2.00 bits per heavy atom. The van der Waals surface area contributed by atoms with Gasteiger partial charge >= 0.3 is 0 Å². The highest BCUT2D eigenvalue weighted by Gasteiger charge is 1.94. The number of ether oxygens (including phenoxy) is 1. The summed E-state index contributed by atoms with van der Waals surface area (Å²) in [5.41, 5.74) is 0. The Labute approximate surface area is 109 Å². The fourth-order valence-electron chi connectivity index (χ4n) is 1.44. The molecule has 0 bridgehead atoms. The number of hydrogen-bond donors (Lipinski definition) is 2. The lowest BCUT2D eigenvalue weighted by molar-refractivity contribution is 0.314. The fourth-order valence-corrected chi connectivity index (χ4v) is 1.62. The van der Waals surface area contributed by atoms with Crippen LogP contribution in [0.4, 0.5) is 0 Å². The van der Waals surface area contributed by atoms with Gasteiger partial charge in [0, 0.05) is 11.6 Å². The Kier molecular flexibility index (Phi) is 7.80. The molecule has 0 saturated carbocycles. The number of rotatable bonds is 9. The third-order valence-corrected chi connectivity index (χ3v) is 2.54. The maximum Gasteiger partial charge on any atom is 0.120 e. The second-order valence-corrected chi connectivity index (χ2v) is 4.20. The molecule has 1 aromatic carbocycles. The van der Waals surface area contributed by atoms with Gasteiger partial charge in [0.15, 0.2) is 0 Å². The Morgan fingerprint density at radius 3 is 2.76 bits per heavy atom. The summed E-state index contributed by atoms with van der Waals surface area (Å²) < 4.78 is 5.55. The maximum absolute atomic E-state index is 5.85. The van der Waals surface area contributed by atoms with Crippen molar-refractivity contribution in [2.24, 2.45) is 0 Å². The zero-order valence-electron chi connectivity index (χ0n) is 10.3. The average Bonchev–Trinajstić information content (AvgIpc) is 2.33. The van der Waals surface area contributed by atoms with Crippen LogP contribution in [0.2, 0.25) is 5.02 Å². The molecule has 0 saturated heterocycles. The second-order valence-electron chi connectivity index (χ2n) is 3.76. The van der Waals surface area contributed by atoms with Crippen molar-refractivity contribution in [1.82, 2.24) is 10.6 Å². The summed E-state index contributed by atoms with van der Waals surface area (Å²) in [7, 11) is 0. The van der Waals surface area contributed by atoms with E-state index in [4.69, 9.17) is 16.3 Å². The predicted molar refractivity (Wildman–Crippen MR) is 73.0 cm³/mol. The van der Waals surface area contributed by atoms with Gasteiger partial charge in [0.1, 0.15) is 12.4 Å². The van der Waals surface area contributed by atoms with Gasteiger partial charge < -0.3 is 15.4 Å². The molecule has 1 aromatic rings. The van der Waals surface area contributed by atoms with Crippen molar-refractivity contribution in [3.05, 3.63) is 29.3 Å². The molecule has 96 valence electrons. The van der Waals surface area contributed by atoms with Crippen molar-refractivity contribution in [3.8, 4) is 5.75 Å². The van der Waals surface area contributed by atoms with Crippen molar-refractivity contribution < 1.29 is 4.74 Å². The van der Waals surface area contributed by atoms with Gasteiger partial charge in [0.25, 0.3) is 0 Å². The number of nitrogens with one attached hydrogen (secondary N) is 2. The summed E-state index contributed by atoms with van der Waals surface area (Å²) in [5, 5.41) is 7.33. The van der Waals surface area contributed by atoms with Crippen LogP contribution in [0, 0.1) is 0 Å². The maximum atomic E-state index is 5.85. The molecule has 1 rings (SSSR count). The second kappa shape index (κ2) is 9.28. The van der Waals surface area contributed by atoms with Gasteiger partial charge in [-0.15, -0.1) is 0 Å². The third-order valence-electron chi connectivity index (χ3n) is 2.30. The molecule has 0 unspecified atom stereocenters. The lowest BCUT2D eigenvalue weighted by atomic mass is 10.3. The van der Waals surface area contributed by atoms with Gasteiger partial charge in [-0.25, -0.2) is 0 Å². The summed E-state index contributed by atoms with van der Waals surface area (Å²) in [6.07, 6.45) is 1.14. The molecule has 0 spiro atoms. The van der Waals surface area contributed by atoms with Crippen LogP contribution in [0.15, 0.2) is 24.3 Å². The van der Waals surface area contributed by atoms with Crippen LogP contribution in [0.5, 0.6) is 5.75 Å². The molecule has 0 heterocycles. The highest BCUT2D eigenvalue weighted by atomic mass is 35.5. The summed E-state index contributed by atoms with van der Waals surface area (Å²) in [6.45, 7) is 6.77. The van der Waals surface area contributed by atoms with Gasteiger partial charge in [-0.05, 0) is 44.3 Å². The molecule has 0 amide bonds. The van der Waals surface area contributed by atoms with Gasteiger partial charge in [0.2, 0.25) is 0 Å². The zero-order valence-corrected chi connectivity index (χ0v) is 11.1. The lowest BCUT2D eigenvalue weighted by Gasteiger charge is -2.07. The van der Waals surface area contributed by atoms with Gasteiger partial charge in [0.05, 0.1) is 0 Å². The van der Waals surface area contributed by atoms with Crippen LogP contribution < -0.4 is 15.4 Å². The summed E-state index contributed by atoms with van der Waals surface area (Å²) in [6, 6.07) is 7.47. The molecule has 4 heteroatoms. The SMILES string of the molecule is CCNCCCNCCOc1cccc(Cl)c1. The van der Waals surface area contributed by atoms with Crippen LogP contribution in [0.25, 0.3) is 0 Å². The van der Waals surface area contributed by atoms with E-state index in [-0.39, 0.29) is 0 Å². The first-order valence-corrected chi connectivity index (χ1v) is 6.50. The van der Waals surface area contributed by atoms with Crippen LogP contribution in [0.1, 0.15) is 13.3 Å². The summed E-state index contributed by atoms with van der Waals surface area (Å²) in [5.74, 6) is 0.826. The number of halogens is 1. The first kappa shape index (κ1) is 14.3. The molecule has 0 atom stereocenters. The van der Waals surface area contributed by atoms with E-state index in [9.17, 15) is 0 Å². The van der Waals surface area contributed by atoms with Crippen molar-refractivity contribution in [1.29, 1.82) is 0 Å². The van der Waals surface area contributed by atoms with Gasteiger partial charge in [-0.1, -0.05) is 24.6 Å². The van der Waals surface area contributed by atoms with Crippen molar-refractivity contribution in [2.75, 3.05) is 32.8 Å². The molecule has 0 aliphatic rings. The van der Waals surface area contributed by atoms with Crippen LogP contribution in [0.3, 0.4) is 0 Å². The zero-order chi connectivity index (χ0) is 12.3. The minimum atomic E-state index is 0.668. The average molecular weight is 257 g/mol. The number of benzene rings is 1. The van der Waals surface area contributed by atoms with E-state index in [1.54, 1.807) is 0 Å². The minimum absolute atomic E-state index is 0.668. The normalized spacial score (nSPS) is 10.5. The van der Waals surface area contributed by atoms with E-state index in [0.717, 1.165) is 38.3 Å². The molecule has 17 heavy (non-hydrogen) atoms. The Bertz CT molecular complexity index is 307. The molecular formula is C13H21ClN2O. The molecule has 2 N–H and O–H groups in total. The first-order valence-electron chi connectivity index (χ1n) is 6.12. The Hall–Kier alpha value is -0.770. The molecular weight excluding hydrogens is 236 g/mol. The first-order chi connectivity index (χ1) is 8.33. The number of hydrogen-bond acceptors (Lipinski definition) is 3. The molecule has 0 aliphatic heterocycles. The minimum Gasteiger partial charge on any atom is -0.492 e. The lowest BCUT2D eigenvalue weighted by Crippen LogP contribution is -2.25. The highest BCUT2D eigenvalue weighted by Crippen LogP contribution is 2.16. The molecule has 0 fully saturated rings. The topological polar surface area (TPSA) is 33.3 Å². The molecule has 0 aromatic heterocycles. The van der Waals surface area contributed by atoms with E-state index < -0.39 is 0 Å². The quantitative estimate of drug-likeness (QED) is 0.666. The van der Waals surface area contributed by atoms with Gasteiger partial charge in [-0.2, -0.15) is 0 Å². The monoisotopic (exact) mass is 256 g/mol. The van der Waals surface area contributed by atoms with Crippen LogP contribution >= 0.6 is 11.6 Å². The third kappa shape index (κ3) is 7.21. The van der Waals surface area contributed by atoms with Crippen LogP contribution in [-0.2, 0) is 0 Å². The van der Waals surface area contributed by atoms with Crippen molar-refractivity contribution >= 4 is 11.6 Å². The standard InChI is InChI=1S/C13H21ClN2O/c1-2-15-7-4-8-16-9-10-17-13-6-3-5-12(14)11-13/h3,5-6,11,15-16H,2,4,7-10H2,1H3. The smallest absolute Gasteiger partial charge is 0.120 e. The van der Waals surface area contributed by atoms with E-state index >= 15 is 0 Å². The Balaban J connectivity index is 1.97. The molecule has 0 radical (unpaired) electrons. The highest BCUT2D eigenvalue weighted by molar-refractivity contribution is 6.30. The van der Waals surface area contributed by atoms with E-state index in [1.807, 2.05) is 24.3 Å². The summed E-state index contributed by atoms with van der Waals surface area (Å²) >= 11 is 5.85. The van der Waals surface area contributed by atoms with Crippen molar-refractivity contribution in [3.63, 3.8) is 0 Å². The van der Waals surface area contributed by atoms with E-state index in [2.05, 4.69) is 17.6 Å². The molecule has 0 aliphatic carbocycles. The summed E-state index contributed by atoms with van der Waals surface area (Å²) in [4.78, 5) is 0. The largest absolute Gasteiger partial charge is 0.492 e. The fraction of sp³-hybridized carbons (Fsp3) is 0.538. The predicted octanol–water partition coefficient (Wildman–Crippen LogP) is 2.31. The van der Waals surface area contributed by atoms with Crippen molar-refractivity contribution in [2.45, 2.75) is 13.3 Å². The molecule has 3 nitrogen and oxygen atoms in total. The van der Waals surface area contributed by atoms with Gasteiger partial charge in [-0.3, -0.25) is 0 Å². The van der Waals surface area contributed by atoms with E-state index in [1.165, 1.54) is 0 Å². The Morgan fingerprint density at radius 1 is 1.18 bits per heavy atom. The van der Waals surface area contributed by atoms with Crippen LogP contribution in [-0.4, -0.2) is 32.8 Å². The van der Waals surface area contributed by atoms with E-state index in [0.29, 0.717) is 11.6 Å².